The van der Waals surface area contributed by atoms with Crippen molar-refractivity contribution in [1.82, 2.24) is 9.55 Å². The lowest BCUT2D eigenvalue weighted by Crippen LogP contribution is -2.12. The van der Waals surface area contributed by atoms with Gasteiger partial charge in [-0.1, -0.05) is 25.1 Å². The van der Waals surface area contributed by atoms with Gasteiger partial charge in [0.1, 0.15) is 0 Å². The molecule has 1 N–H and O–H groups in total. The molecule has 0 saturated heterocycles. The predicted octanol–water partition coefficient (Wildman–Crippen LogP) is 2.57. The zero-order valence-electron chi connectivity index (χ0n) is 11.6. The van der Waals surface area contributed by atoms with Gasteiger partial charge in [0.05, 0.1) is 12.7 Å². The second kappa shape index (κ2) is 6.65. The average molecular weight is 284 g/mol. The number of hydrogen-bond acceptors (Lipinski definition) is 3. The van der Waals surface area contributed by atoms with Crippen LogP contribution in [0, 0.1) is 5.92 Å². The van der Waals surface area contributed by atoms with E-state index in [0.717, 1.165) is 11.3 Å². The Bertz CT molecular complexity index is 643. The molecule has 0 amide bonds. The number of carbonyl (C=O) groups excluding carboxylic acids is 1. The van der Waals surface area contributed by atoms with Gasteiger partial charge in [-0.05, 0) is 23.8 Å². The van der Waals surface area contributed by atoms with Crippen LogP contribution in [0.15, 0.2) is 49.1 Å². The van der Waals surface area contributed by atoms with Crippen molar-refractivity contribution in [3.8, 4) is 5.69 Å². The topological polar surface area (TPSA) is 72.2 Å². The highest BCUT2D eigenvalue weighted by molar-refractivity contribution is 5.96. The van der Waals surface area contributed by atoms with Gasteiger partial charge in [-0.15, -0.1) is 0 Å². The summed E-state index contributed by atoms with van der Waals surface area (Å²) >= 11 is 0. The molecule has 1 unspecified atom stereocenters. The highest BCUT2D eigenvalue weighted by Gasteiger charge is 2.13. The first kappa shape index (κ1) is 14.7. The molecule has 0 spiro atoms. The van der Waals surface area contributed by atoms with E-state index in [9.17, 15) is 9.59 Å². The summed E-state index contributed by atoms with van der Waals surface area (Å²) in [6.45, 7) is 1.61. The number of nitrogens with zero attached hydrogens (tertiary/aromatic N) is 2. The molecule has 1 aromatic heterocycles. The van der Waals surface area contributed by atoms with E-state index in [-0.39, 0.29) is 12.2 Å². The van der Waals surface area contributed by atoms with Gasteiger partial charge in [0.2, 0.25) is 0 Å². The molecule has 0 fully saturated rings. The summed E-state index contributed by atoms with van der Waals surface area (Å²) in [7, 11) is 0. The molecule has 0 aliphatic carbocycles. The van der Waals surface area contributed by atoms with Gasteiger partial charge in [0.15, 0.2) is 5.78 Å². The molecule has 0 bridgehead atoms. The highest BCUT2D eigenvalue weighted by Crippen LogP contribution is 2.11. The van der Waals surface area contributed by atoms with Crippen LogP contribution in [0.5, 0.6) is 0 Å². The lowest BCUT2D eigenvalue weighted by atomic mass is 10.0. The fraction of sp³-hybridized carbons (Fsp3) is 0.188. The smallest absolute Gasteiger partial charge is 0.304 e. The Labute approximate surface area is 122 Å². The molecule has 1 heterocycles. The van der Waals surface area contributed by atoms with Crippen molar-refractivity contribution in [3.05, 3.63) is 54.6 Å². The number of aliphatic carboxylic acids is 1. The third-order valence-electron chi connectivity index (χ3n) is 3.10. The van der Waals surface area contributed by atoms with E-state index >= 15 is 0 Å². The van der Waals surface area contributed by atoms with Crippen LogP contribution in [-0.4, -0.2) is 26.4 Å². The van der Waals surface area contributed by atoms with Gasteiger partial charge in [0, 0.05) is 24.0 Å². The van der Waals surface area contributed by atoms with Crippen LogP contribution in [0.25, 0.3) is 11.8 Å². The first-order valence-electron chi connectivity index (χ1n) is 6.58. The fourth-order valence-corrected chi connectivity index (χ4v) is 1.87. The number of rotatable bonds is 6. The van der Waals surface area contributed by atoms with Crippen molar-refractivity contribution in [2.75, 3.05) is 0 Å². The Balaban J connectivity index is 2.01. The van der Waals surface area contributed by atoms with E-state index in [1.54, 1.807) is 25.5 Å². The standard InChI is InChI=1S/C16H16N2O3/c1-12(10-16(20)21)15(19)7-4-13-2-5-14(6-3-13)18-9-8-17-11-18/h2-9,11-12H,10H2,1H3,(H,20,21). The fourth-order valence-electron chi connectivity index (χ4n) is 1.87. The van der Waals surface area contributed by atoms with Crippen molar-refractivity contribution in [2.24, 2.45) is 5.92 Å². The monoisotopic (exact) mass is 284 g/mol. The van der Waals surface area contributed by atoms with Crippen LogP contribution in [0.3, 0.4) is 0 Å². The van der Waals surface area contributed by atoms with Gasteiger partial charge < -0.3 is 9.67 Å². The number of carbonyl (C=O) groups is 2. The lowest BCUT2D eigenvalue weighted by molar-refractivity contribution is -0.139. The van der Waals surface area contributed by atoms with Gasteiger partial charge >= 0.3 is 5.97 Å². The Kier molecular flexibility index (Phi) is 4.66. The maximum atomic E-state index is 11.7. The van der Waals surface area contributed by atoms with E-state index in [1.807, 2.05) is 35.0 Å². The van der Waals surface area contributed by atoms with Crippen LogP contribution in [0.1, 0.15) is 18.9 Å². The molecule has 1 aromatic carbocycles. The van der Waals surface area contributed by atoms with Gasteiger partial charge in [0.25, 0.3) is 0 Å². The number of imidazole rings is 1. The quantitative estimate of drug-likeness (QED) is 0.827. The minimum Gasteiger partial charge on any atom is -0.481 e. The van der Waals surface area contributed by atoms with E-state index in [2.05, 4.69) is 4.98 Å². The molecule has 0 radical (unpaired) electrons. The molecular formula is C16H16N2O3. The Morgan fingerprint density at radius 1 is 1.33 bits per heavy atom. The molecule has 0 saturated carbocycles. The van der Waals surface area contributed by atoms with Crippen molar-refractivity contribution < 1.29 is 14.7 Å². The van der Waals surface area contributed by atoms with Gasteiger partial charge in [-0.2, -0.15) is 0 Å². The maximum absolute atomic E-state index is 11.7. The summed E-state index contributed by atoms with van der Waals surface area (Å²) in [4.78, 5) is 26.3. The summed E-state index contributed by atoms with van der Waals surface area (Å²) in [6, 6.07) is 7.63. The van der Waals surface area contributed by atoms with E-state index in [1.165, 1.54) is 6.08 Å². The van der Waals surface area contributed by atoms with Crippen LogP contribution in [-0.2, 0) is 9.59 Å². The first-order valence-corrected chi connectivity index (χ1v) is 6.58. The minimum atomic E-state index is -0.964. The minimum absolute atomic E-state index is 0.150. The third-order valence-corrected chi connectivity index (χ3v) is 3.10. The highest BCUT2D eigenvalue weighted by atomic mass is 16.4. The predicted molar refractivity (Wildman–Crippen MR) is 79.0 cm³/mol. The maximum Gasteiger partial charge on any atom is 0.304 e. The molecule has 108 valence electrons. The van der Waals surface area contributed by atoms with Crippen molar-refractivity contribution >= 4 is 17.8 Å². The molecule has 21 heavy (non-hydrogen) atoms. The third kappa shape index (κ3) is 4.14. The van der Waals surface area contributed by atoms with Crippen LogP contribution in [0.4, 0.5) is 0 Å². The SMILES string of the molecule is CC(CC(=O)O)C(=O)C=Cc1ccc(-n2ccnc2)cc1. The number of aromatic nitrogens is 2. The van der Waals surface area contributed by atoms with Crippen LogP contribution in [0.2, 0.25) is 0 Å². The summed E-state index contributed by atoms with van der Waals surface area (Å²) in [5, 5.41) is 8.66. The number of hydrogen-bond donors (Lipinski definition) is 1. The zero-order chi connectivity index (χ0) is 15.2. The van der Waals surface area contributed by atoms with E-state index in [4.69, 9.17) is 5.11 Å². The number of allylic oxidation sites excluding steroid dienone is 1. The molecular weight excluding hydrogens is 268 g/mol. The van der Waals surface area contributed by atoms with Gasteiger partial charge in [-0.3, -0.25) is 9.59 Å². The molecule has 0 aliphatic heterocycles. The molecule has 0 aliphatic rings. The van der Waals surface area contributed by atoms with Crippen molar-refractivity contribution in [1.29, 1.82) is 0 Å². The second-order valence-electron chi connectivity index (χ2n) is 4.80. The number of carboxylic acids is 1. The molecule has 5 nitrogen and oxygen atoms in total. The Morgan fingerprint density at radius 3 is 2.62 bits per heavy atom. The van der Waals surface area contributed by atoms with Gasteiger partial charge in [-0.25, -0.2) is 4.98 Å². The van der Waals surface area contributed by atoms with Crippen LogP contribution >= 0.6 is 0 Å². The number of benzene rings is 1. The summed E-state index contributed by atoms with van der Waals surface area (Å²) < 4.78 is 1.88. The van der Waals surface area contributed by atoms with E-state index in [0.29, 0.717) is 0 Å². The normalized spacial score (nSPS) is 12.4. The number of carboxylic acid groups (broad SMARTS) is 1. The second-order valence-corrected chi connectivity index (χ2v) is 4.80. The zero-order valence-corrected chi connectivity index (χ0v) is 11.6. The number of ketones is 1. The summed E-state index contributed by atoms with van der Waals surface area (Å²) in [6.07, 6.45) is 8.24. The molecule has 2 aromatic rings. The molecule has 1 atom stereocenters. The lowest BCUT2D eigenvalue weighted by Gasteiger charge is -2.04. The molecule has 2 rings (SSSR count). The van der Waals surface area contributed by atoms with Crippen molar-refractivity contribution in [3.63, 3.8) is 0 Å². The largest absolute Gasteiger partial charge is 0.481 e. The average Bonchev–Trinajstić information content (AvgIpc) is 2.98. The van der Waals surface area contributed by atoms with Crippen molar-refractivity contribution in [2.45, 2.75) is 13.3 Å². The summed E-state index contributed by atoms with van der Waals surface area (Å²) in [5.41, 5.74) is 1.87. The Morgan fingerprint density at radius 2 is 2.05 bits per heavy atom. The Hall–Kier alpha value is -2.69. The van der Waals surface area contributed by atoms with Crippen LogP contribution < -0.4 is 0 Å². The summed E-state index contributed by atoms with van der Waals surface area (Å²) in [5.74, 6) is -1.66. The molecule has 5 heteroatoms. The van der Waals surface area contributed by atoms with E-state index < -0.39 is 11.9 Å². The first-order chi connectivity index (χ1) is 10.1.